The number of thiocarbonyl (C=S) groups is 1. The minimum Gasteiger partial charge on any atom is -0.481 e. The highest BCUT2D eigenvalue weighted by atomic mass is 32.1. The largest absolute Gasteiger partial charge is 0.481 e. The van der Waals surface area contributed by atoms with Gasteiger partial charge in [0.15, 0.2) is 0 Å². The molecule has 6 nitrogen and oxygen atoms in total. The first-order chi connectivity index (χ1) is 8.43. The number of carboxylic acids is 1. The molecule has 0 bridgehead atoms. The van der Waals surface area contributed by atoms with Crippen molar-refractivity contribution >= 4 is 30.3 Å². The molecule has 5 N–H and O–H groups in total. The molecule has 0 aromatic rings. The predicted octanol–water partition coefficient (Wildman–Crippen LogP) is -0.628. The number of carbonyl (C=O) groups is 1. The molecule has 0 aromatic heterocycles. The quantitative estimate of drug-likeness (QED) is 0.377. The zero-order chi connectivity index (χ0) is 13.7. The van der Waals surface area contributed by atoms with Gasteiger partial charge in [-0.2, -0.15) is 0 Å². The van der Waals surface area contributed by atoms with Crippen LogP contribution in [0.1, 0.15) is 32.1 Å². The molecule has 0 aromatic carbocycles. The van der Waals surface area contributed by atoms with Gasteiger partial charge in [-0.3, -0.25) is 4.79 Å². The van der Waals surface area contributed by atoms with Crippen molar-refractivity contribution in [1.82, 2.24) is 4.90 Å². The third-order valence-corrected chi connectivity index (χ3v) is 3.69. The van der Waals surface area contributed by atoms with E-state index in [9.17, 15) is 14.8 Å². The molecule has 1 aliphatic heterocycles. The predicted molar refractivity (Wildman–Crippen MR) is 72.0 cm³/mol. The summed E-state index contributed by atoms with van der Waals surface area (Å²) in [5, 5.41) is 27.0. The van der Waals surface area contributed by atoms with E-state index in [1.54, 1.807) is 4.90 Å². The lowest BCUT2D eigenvalue weighted by Gasteiger charge is -2.29. The van der Waals surface area contributed by atoms with E-state index in [0.29, 0.717) is 30.8 Å². The van der Waals surface area contributed by atoms with Gasteiger partial charge in [0.1, 0.15) is 0 Å². The molecule has 0 radical (unpaired) electrons. The normalized spacial score (nSPS) is 20.8. The first-order valence-electron chi connectivity index (χ1n) is 6.07. The van der Waals surface area contributed by atoms with Gasteiger partial charge >= 0.3 is 13.1 Å². The van der Waals surface area contributed by atoms with Crippen LogP contribution in [-0.2, 0) is 4.79 Å². The van der Waals surface area contributed by atoms with Crippen LogP contribution in [0, 0.1) is 0 Å². The molecule has 18 heavy (non-hydrogen) atoms. The monoisotopic (exact) mass is 274 g/mol. The molecular formula is C10H19BN2O4S. The number of rotatable bonds is 6. The highest BCUT2D eigenvalue weighted by molar-refractivity contribution is 7.80. The Morgan fingerprint density at radius 3 is 2.78 bits per heavy atom. The molecule has 2 atom stereocenters. The molecular weight excluding hydrogens is 255 g/mol. The van der Waals surface area contributed by atoms with E-state index < -0.39 is 19.1 Å². The van der Waals surface area contributed by atoms with Crippen molar-refractivity contribution in [1.29, 1.82) is 0 Å². The fourth-order valence-electron chi connectivity index (χ4n) is 2.19. The second-order valence-corrected chi connectivity index (χ2v) is 4.97. The summed E-state index contributed by atoms with van der Waals surface area (Å²) >= 11 is 5.24. The Kier molecular flexibility index (Phi) is 6.00. The fourth-order valence-corrected chi connectivity index (χ4v) is 2.53. The van der Waals surface area contributed by atoms with Crippen LogP contribution in [0.25, 0.3) is 0 Å². The molecule has 0 saturated carbocycles. The van der Waals surface area contributed by atoms with Gasteiger partial charge in [-0.15, -0.1) is 0 Å². The van der Waals surface area contributed by atoms with Gasteiger partial charge in [0, 0.05) is 13.0 Å². The third kappa shape index (κ3) is 4.20. The van der Waals surface area contributed by atoms with E-state index in [-0.39, 0.29) is 12.4 Å². The number of aliphatic carboxylic acids is 1. The van der Waals surface area contributed by atoms with E-state index in [0.717, 1.165) is 6.42 Å². The molecule has 1 saturated heterocycles. The van der Waals surface area contributed by atoms with E-state index >= 15 is 0 Å². The molecule has 1 rings (SSSR count). The second-order valence-electron chi connectivity index (χ2n) is 4.55. The van der Waals surface area contributed by atoms with E-state index in [4.69, 9.17) is 23.1 Å². The molecule has 1 heterocycles. The maximum Gasteiger partial charge on any atom is 0.475 e. The zero-order valence-corrected chi connectivity index (χ0v) is 11.0. The van der Waals surface area contributed by atoms with Gasteiger partial charge in [0.25, 0.3) is 0 Å². The molecule has 1 fully saturated rings. The van der Waals surface area contributed by atoms with Crippen molar-refractivity contribution in [3.8, 4) is 0 Å². The molecule has 1 aliphatic rings. The standard InChI is InChI=1S/C10H19BN2O4S/c12-7(3-1-5-9(14)15)10(18)13-6-2-4-8(13)11(16)17/h7-8,16-17H,1-6,12H2,(H,14,15)/t7-,8-/m0/s1. The summed E-state index contributed by atoms with van der Waals surface area (Å²) in [4.78, 5) is 12.6. The van der Waals surface area contributed by atoms with Crippen LogP contribution in [-0.4, -0.2) is 56.7 Å². The number of nitrogens with two attached hydrogens (primary N) is 1. The van der Waals surface area contributed by atoms with Gasteiger partial charge in [-0.1, -0.05) is 12.2 Å². The van der Waals surface area contributed by atoms with Gasteiger partial charge in [0.05, 0.1) is 17.0 Å². The lowest BCUT2D eigenvalue weighted by molar-refractivity contribution is -0.137. The molecule has 0 amide bonds. The molecule has 8 heteroatoms. The lowest BCUT2D eigenvalue weighted by atomic mass is 9.78. The lowest BCUT2D eigenvalue weighted by Crippen LogP contribution is -2.50. The van der Waals surface area contributed by atoms with Crippen molar-refractivity contribution in [3.05, 3.63) is 0 Å². The van der Waals surface area contributed by atoms with Crippen molar-refractivity contribution in [2.45, 2.75) is 44.1 Å². The number of nitrogens with zero attached hydrogens (tertiary/aromatic N) is 1. The van der Waals surface area contributed by atoms with Gasteiger partial charge in [0.2, 0.25) is 0 Å². The second kappa shape index (κ2) is 7.03. The van der Waals surface area contributed by atoms with Gasteiger partial charge in [-0.05, 0) is 25.7 Å². The summed E-state index contributed by atoms with van der Waals surface area (Å²) in [6, 6.07) is -0.404. The van der Waals surface area contributed by atoms with Crippen LogP contribution >= 0.6 is 12.2 Å². The fraction of sp³-hybridized carbons (Fsp3) is 0.800. The SMILES string of the molecule is N[C@@H](CCCC(=O)O)C(=S)N1CCC[C@H]1B(O)O. The summed E-state index contributed by atoms with van der Waals surface area (Å²) < 4.78 is 0. The molecule has 0 unspecified atom stereocenters. The van der Waals surface area contributed by atoms with Crippen LogP contribution in [0.15, 0.2) is 0 Å². The highest BCUT2D eigenvalue weighted by Crippen LogP contribution is 2.20. The third-order valence-electron chi connectivity index (χ3n) is 3.15. The Hall–Kier alpha value is -0.695. The average Bonchev–Trinajstić information content (AvgIpc) is 2.76. The van der Waals surface area contributed by atoms with Crippen molar-refractivity contribution < 1.29 is 19.9 Å². The average molecular weight is 274 g/mol. The Morgan fingerprint density at radius 1 is 1.56 bits per heavy atom. The number of carboxylic acid groups (broad SMARTS) is 1. The van der Waals surface area contributed by atoms with Crippen LogP contribution in [0.5, 0.6) is 0 Å². The highest BCUT2D eigenvalue weighted by Gasteiger charge is 2.36. The maximum atomic E-state index is 10.4. The summed E-state index contributed by atoms with van der Waals surface area (Å²) in [6.07, 6.45) is 2.57. The van der Waals surface area contributed by atoms with Crippen molar-refractivity contribution in [2.75, 3.05) is 6.54 Å². The van der Waals surface area contributed by atoms with Crippen LogP contribution in [0.2, 0.25) is 0 Å². The first kappa shape index (κ1) is 15.4. The number of hydrogen-bond donors (Lipinski definition) is 4. The van der Waals surface area contributed by atoms with Crippen LogP contribution in [0.4, 0.5) is 0 Å². The smallest absolute Gasteiger partial charge is 0.475 e. The number of hydrogen-bond acceptors (Lipinski definition) is 5. The molecule has 102 valence electrons. The van der Waals surface area contributed by atoms with Crippen molar-refractivity contribution in [2.24, 2.45) is 5.73 Å². The Balaban J connectivity index is 2.45. The topological polar surface area (TPSA) is 107 Å². The Labute approximate surface area is 112 Å². The minimum absolute atomic E-state index is 0.0718. The van der Waals surface area contributed by atoms with Crippen molar-refractivity contribution in [3.63, 3.8) is 0 Å². The summed E-state index contributed by atoms with van der Waals surface area (Å²) in [7, 11) is -1.42. The first-order valence-corrected chi connectivity index (χ1v) is 6.48. The zero-order valence-electron chi connectivity index (χ0n) is 10.2. The Bertz CT molecular complexity index is 316. The summed E-state index contributed by atoms with van der Waals surface area (Å²) in [6.45, 7) is 0.674. The summed E-state index contributed by atoms with van der Waals surface area (Å²) in [5.74, 6) is -1.24. The van der Waals surface area contributed by atoms with Crippen LogP contribution in [0.3, 0.4) is 0 Å². The van der Waals surface area contributed by atoms with Crippen LogP contribution < -0.4 is 5.73 Å². The Morgan fingerprint density at radius 2 is 2.22 bits per heavy atom. The number of likely N-dealkylation sites (tertiary alicyclic amines) is 1. The van der Waals surface area contributed by atoms with Gasteiger partial charge in [-0.25, -0.2) is 0 Å². The maximum absolute atomic E-state index is 10.4. The van der Waals surface area contributed by atoms with Gasteiger partial charge < -0.3 is 25.8 Å². The summed E-state index contributed by atoms with van der Waals surface area (Å²) in [5.41, 5.74) is 5.91. The minimum atomic E-state index is -1.42. The molecule has 0 aliphatic carbocycles. The van der Waals surface area contributed by atoms with E-state index in [1.165, 1.54) is 0 Å². The van der Waals surface area contributed by atoms with E-state index in [2.05, 4.69) is 0 Å². The molecule has 0 spiro atoms. The van der Waals surface area contributed by atoms with E-state index in [1.807, 2.05) is 0 Å².